The number of methoxy groups -OCH3 is 2. The highest BCUT2D eigenvalue weighted by molar-refractivity contribution is 6.35. The van der Waals surface area contributed by atoms with Gasteiger partial charge in [-0.05, 0) is 29.7 Å². The Morgan fingerprint density at radius 3 is 2.42 bits per heavy atom. The molecule has 2 aromatic rings. The highest BCUT2D eigenvalue weighted by atomic mass is 16.5. The van der Waals surface area contributed by atoms with Crippen LogP contribution in [0.25, 0.3) is 0 Å². The second-order valence-corrected chi connectivity index (χ2v) is 5.31. The highest BCUT2D eigenvalue weighted by Gasteiger charge is 2.12. The van der Waals surface area contributed by atoms with E-state index in [0.29, 0.717) is 24.5 Å². The van der Waals surface area contributed by atoms with E-state index >= 15 is 0 Å². The van der Waals surface area contributed by atoms with Gasteiger partial charge in [0.05, 0.1) is 20.4 Å². The van der Waals surface area contributed by atoms with Crippen LogP contribution in [-0.4, -0.2) is 38.8 Å². The number of amides is 2. The van der Waals surface area contributed by atoms with E-state index in [9.17, 15) is 9.59 Å². The van der Waals surface area contributed by atoms with E-state index < -0.39 is 11.8 Å². The van der Waals surface area contributed by atoms with Gasteiger partial charge in [-0.2, -0.15) is 5.10 Å². The first-order chi connectivity index (χ1) is 12.6. The number of benzene rings is 2. The first-order valence-corrected chi connectivity index (χ1v) is 8.01. The number of hydrogen-bond acceptors (Lipinski definition) is 5. The van der Waals surface area contributed by atoms with Crippen molar-refractivity contribution < 1.29 is 19.1 Å². The van der Waals surface area contributed by atoms with Crippen molar-refractivity contribution in [3.63, 3.8) is 0 Å². The Hall–Kier alpha value is -3.35. The Morgan fingerprint density at radius 2 is 1.73 bits per heavy atom. The number of carbonyl (C=O) groups excluding carboxylic acids is 2. The summed E-state index contributed by atoms with van der Waals surface area (Å²) in [6.07, 6.45) is 2.02. The smallest absolute Gasteiger partial charge is 0.329 e. The zero-order valence-corrected chi connectivity index (χ0v) is 14.7. The number of rotatable bonds is 7. The molecule has 136 valence electrons. The molecule has 0 saturated heterocycles. The van der Waals surface area contributed by atoms with Crippen LogP contribution in [0.1, 0.15) is 11.1 Å². The molecule has 2 aromatic carbocycles. The third kappa shape index (κ3) is 5.62. The molecule has 2 amide bonds. The van der Waals surface area contributed by atoms with Crippen molar-refractivity contribution in [2.75, 3.05) is 20.8 Å². The topological polar surface area (TPSA) is 89.0 Å². The van der Waals surface area contributed by atoms with Gasteiger partial charge in [0, 0.05) is 6.54 Å². The van der Waals surface area contributed by atoms with E-state index in [4.69, 9.17) is 9.47 Å². The molecular weight excluding hydrogens is 334 g/mol. The lowest BCUT2D eigenvalue weighted by atomic mass is 10.1. The van der Waals surface area contributed by atoms with Gasteiger partial charge in [0.2, 0.25) is 0 Å². The Morgan fingerprint density at radius 1 is 1.00 bits per heavy atom. The number of nitrogens with zero attached hydrogens (tertiary/aromatic N) is 1. The van der Waals surface area contributed by atoms with Gasteiger partial charge >= 0.3 is 11.8 Å². The van der Waals surface area contributed by atoms with Crippen molar-refractivity contribution in [1.29, 1.82) is 0 Å². The third-order valence-electron chi connectivity index (χ3n) is 3.53. The molecule has 0 fully saturated rings. The van der Waals surface area contributed by atoms with Crippen molar-refractivity contribution in [3.05, 3.63) is 59.7 Å². The van der Waals surface area contributed by atoms with Gasteiger partial charge in [-0.15, -0.1) is 0 Å². The maximum absolute atomic E-state index is 11.8. The van der Waals surface area contributed by atoms with Crippen LogP contribution in [0.5, 0.6) is 11.5 Å². The SMILES string of the molecule is COc1ccc(CCNC(=O)C(=O)NN=Cc2ccccc2)cc1OC. The standard InChI is InChI=1S/C19H21N3O4/c1-25-16-9-8-14(12-17(16)26-2)10-11-20-18(23)19(24)22-21-13-15-6-4-3-5-7-15/h3-9,12-13H,10-11H2,1-2H3,(H,20,23)(H,22,24). The molecule has 0 radical (unpaired) electrons. The van der Waals surface area contributed by atoms with Gasteiger partial charge in [0.15, 0.2) is 11.5 Å². The number of carbonyl (C=O) groups is 2. The lowest BCUT2D eigenvalue weighted by Gasteiger charge is -2.09. The van der Waals surface area contributed by atoms with Crippen LogP contribution >= 0.6 is 0 Å². The van der Waals surface area contributed by atoms with E-state index in [1.165, 1.54) is 6.21 Å². The van der Waals surface area contributed by atoms with Crippen molar-refractivity contribution >= 4 is 18.0 Å². The number of hydrogen-bond donors (Lipinski definition) is 2. The van der Waals surface area contributed by atoms with E-state index in [1.54, 1.807) is 20.3 Å². The van der Waals surface area contributed by atoms with Crippen LogP contribution in [0, 0.1) is 0 Å². The molecule has 0 aliphatic carbocycles. The third-order valence-corrected chi connectivity index (χ3v) is 3.53. The summed E-state index contributed by atoms with van der Waals surface area (Å²) in [5.41, 5.74) is 3.97. The van der Waals surface area contributed by atoms with Gasteiger partial charge in [0.25, 0.3) is 0 Å². The summed E-state index contributed by atoms with van der Waals surface area (Å²) in [7, 11) is 3.13. The summed E-state index contributed by atoms with van der Waals surface area (Å²) in [6, 6.07) is 14.7. The molecule has 2 N–H and O–H groups in total. The number of hydrazone groups is 1. The van der Waals surface area contributed by atoms with Crippen LogP contribution in [0.15, 0.2) is 53.6 Å². The van der Waals surface area contributed by atoms with Crippen molar-refractivity contribution in [2.24, 2.45) is 5.10 Å². The Kier molecular flexibility index (Phi) is 7.17. The molecule has 7 nitrogen and oxygen atoms in total. The van der Waals surface area contributed by atoms with E-state index in [0.717, 1.165) is 11.1 Å². The Labute approximate surface area is 152 Å². The van der Waals surface area contributed by atoms with Gasteiger partial charge < -0.3 is 14.8 Å². The molecule has 0 spiro atoms. The minimum absolute atomic E-state index is 0.310. The molecule has 0 heterocycles. The van der Waals surface area contributed by atoms with Crippen LogP contribution in [-0.2, 0) is 16.0 Å². The molecule has 0 unspecified atom stereocenters. The fraction of sp³-hybridized carbons (Fsp3) is 0.211. The molecule has 0 bridgehead atoms. The minimum atomic E-state index is -0.815. The first kappa shape index (κ1) is 19.0. The van der Waals surface area contributed by atoms with Gasteiger partial charge in [-0.3, -0.25) is 9.59 Å². The summed E-state index contributed by atoms with van der Waals surface area (Å²) in [6.45, 7) is 0.310. The average Bonchev–Trinajstić information content (AvgIpc) is 2.68. The highest BCUT2D eigenvalue weighted by Crippen LogP contribution is 2.27. The summed E-state index contributed by atoms with van der Waals surface area (Å²) < 4.78 is 10.4. The fourth-order valence-corrected chi connectivity index (χ4v) is 2.19. The predicted octanol–water partition coefficient (Wildman–Crippen LogP) is 1.51. The quantitative estimate of drug-likeness (QED) is 0.448. The number of ether oxygens (including phenoxy) is 2. The monoisotopic (exact) mass is 355 g/mol. The van der Waals surface area contributed by atoms with Gasteiger partial charge in [0.1, 0.15) is 0 Å². The maximum atomic E-state index is 11.8. The first-order valence-electron chi connectivity index (χ1n) is 8.01. The largest absolute Gasteiger partial charge is 0.493 e. The normalized spacial score (nSPS) is 10.4. The van der Waals surface area contributed by atoms with Crippen LogP contribution in [0.4, 0.5) is 0 Å². The molecule has 0 aromatic heterocycles. The van der Waals surface area contributed by atoms with E-state index in [2.05, 4.69) is 15.8 Å². The van der Waals surface area contributed by atoms with Crippen molar-refractivity contribution in [3.8, 4) is 11.5 Å². The summed E-state index contributed by atoms with van der Waals surface area (Å²) in [5, 5.41) is 6.30. The molecule has 0 aliphatic rings. The Balaban J connectivity index is 1.77. The summed E-state index contributed by atoms with van der Waals surface area (Å²) >= 11 is 0. The molecule has 7 heteroatoms. The van der Waals surface area contributed by atoms with Crippen LogP contribution in [0.2, 0.25) is 0 Å². The average molecular weight is 355 g/mol. The Bertz CT molecular complexity index is 776. The maximum Gasteiger partial charge on any atom is 0.329 e. The van der Waals surface area contributed by atoms with Crippen LogP contribution in [0.3, 0.4) is 0 Å². The zero-order valence-electron chi connectivity index (χ0n) is 14.7. The lowest BCUT2D eigenvalue weighted by Crippen LogP contribution is -2.38. The number of nitrogens with one attached hydrogen (secondary N) is 2. The molecule has 0 atom stereocenters. The molecule has 0 saturated carbocycles. The second-order valence-electron chi connectivity index (χ2n) is 5.31. The van der Waals surface area contributed by atoms with Crippen molar-refractivity contribution in [1.82, 2.24) is 10.7 Å². The van der Waals surface area contributed by atoms with E-state index in [1.807, 2.05) is 42.5 Å². The molecule has 26 heavy (non-hydrogen) atoms. The summed E-state index contributed by atoms with van der Waals surface area (Å²) in [5.74, 6) is -0.305. The van der Waals surface area contributed by atoms with E-state index in [-0.39, 0.29) is 0 Å². The fourth-order valence-electron chi connectivity index (χ4n) is 2.19. The minimum Gasteiger partial charge on any atom is -0.493 e. The zero-order chi connectivity index (χ0) is 18.8. The predicted molar refractivity (Wildman–Crippen MR) is 98.4 cm³/mol. The molecule has 2 rings (SSSR count). The molecular formula is C19H21N3O4. The molecule has 0 aliphatic heterocycles. The second kappa shape index (κ2) is 9.83. The van der Waals surface area contributed by atoms with Gasteiger partial charge in [-0.25, -0.2) is 5.43 Å². The van der Waals surface area contributed by atoms with Gasteiger partial charge in [-0.1, -0.05) is 36.4 Å². The lowest BCUT2D eigenvalue weighted by molar-refractivity contribution is -0.139. The van der Waals surface area contributed by atoms with Crippen LogP contribution < -0.4 is 20.2 Å². The summed E-state index contributed by atoms with van der Waals surface area (Å²) in [4.78, 5) is 23.4. The van der Waals surface area contributed by atoms with Crippen molar-refractivity contribution in [2.45, 2.75) is 6.42 Å².